The Balaban J connectivity index is 2.34. The topological polar surface area (TPSA) is 106 Å². The highest BCUT2D eigenvalue weighted by Crippen LogP contribution is 2.31. The van der Waals surface area contributed by atoms with Gasteiger partial charge in [-0.2, -0.15) is 5.11 Å². The van der Waals surface area contributed by atoms with Crippen LogP contribution < -0.4 is 16.2 Å². The second-order valence-corrected chi connectivity index (χ2v) is 4.18. The number of nitrogens with zero attached hydrogens (tertiary/aromatic N) is 2. The van der Waals surface area contributed by atoms with Crippen molar-refractivity contribution in [2.75, 3.05) is 18.6 Å². The highest BCUT2D eigenvalue weighted by molar-refractivity contribution is 5.60. The fourth-order valence-electron chi connectivity index (χ4n) is 1.71. The van der Waals surface area contributed by atoms with Crippen molar-refractivity contribution in [2.24, 2.45) is 10.2 Å². The number of hydrogen-bond acceptors (Lipinski definition) is 6. The Morgan fingerprint density at radius 3 is 2.25 bits per heavy atom. The minimum absolute atomic E-state index is 0.154. The van der Waals surface area contributed by atoms with Gasteiger partial charge >= 0.3 is 0 Å². The zero-order valence-electron chi connectivity index (χ0n) is 11.1. The molecule has 0 heterocycles. The first kappa shape index (κ1) is 13.8. The molecule has 6 heteroatoms. The van der Waals surface area contributed by atoms with E-state index in [2.05, 4.69) is 10.2 Å². The Morgan fingerprint density at radius 1 is 1.00 bits per heavy atom. The van der Waals surface area contributed by atoms with Crippen LogP contribution in [0.3, 0.4) is 0 Å². The molecule has 0 radical (unpaired) electrons. The second kappa shape index (κ2) is 6.03. The summed E-state index contributed by atoms with van der Waals surface area (Å²) in [4.78, 5) is 0. The van der Waals surface area contributed by atoms with Crippen molar-refractivity contribution in [3.8, 4) is 5.75 Å². The van der Waals surface area contributed by atoms with Crippen LogP contribution in [-0.2, 0) is 6.61 Å². The maximum Gasteiger partial charge on any atom is 0.148 e. The van der Waals surface area contributed by atoms with Gasteiger partial charge in [0, 0.05) is 23.0 Å². The summed E-state index contributed by atoms with van der Waals surface area (Å²) < 4.78 is 5.19. The van der Waals surface area contributed by atoms with Gasteiger partial charge in [-0.05, 0) is 30.3 Å². The summed E-state index contributed by atoms with van der Waals surface area (Å²) >= 11 is 0. The van der Waals surface area contributed by atoms with Crippen LogP contribution in [0, 0.1) is 0 Å². The van der Waals surface area contributed by atoms with Gasteiger partial charge in [0.05, 0.1) is 19.4 Å². The van der Waals surface area contributed by atoms with E-state index in [-0.39, 0.29) is 6.61 Å². The fraction of sp³-hybridized carbons (Fsp3) is 0.143. The van der Waals surface area contributed by atoms with Gasteiger partial charge in [-0.15, -0.1) is 5.11 Å². The number of nitrogen functional groups attached to an aromatic ring is 2. The van der Waals surface area contributed by atoms with Gasteiger partial charge in [-0.1, -0.05) is 0 Å². The van der Waals surface area contributed by atoms with Crippen molar-refractivity contribution < 1.29 is 9.84 Å². The molecule has 0 bridgehead atoms. The Labute approximate surface area is 116 Å². The average Bonchev–Trinajstić information content (AvgIpc) is 2.46. The maximum absolute atomic E-state index is 9.28. The SMILES string of the molecule is COc1cc(N)ccc1/N=N/c1ccc(N)cc1CO. The number of hydrogen-bond donors (Lipinski definition) is 3. The summed E-state index contributed by atoms with van der Waals surface area (Å²) in [6, 6.07) is 10.2. The minimum atomic E-state index is -0.154. The lowest BCUT2D eigenvalue weighted by atomic mass is 10.2. The number of methoxy groups -OCH3 is 1. The third-order valence-electron chi connectivity index (χ3n) is 2.74. The third-order valence-corrected chi connectivity index (χ3v) is 2.74. The molecule has 2 aromatic carbocycles. The molecule has 0 aliphatic heterocycles. The predicted octanol–water partition coefficient (Wildman–Crippen LogP) is 2.77. The summed E-state index contributed by atoms with van der Waals surface area (Å²) in [7, 11) is 1.54. The molecule has 0 saturated carbocycles. The predicted molar refractivity (Wildman–Crippen MR) is 78.4 cm³/mol. The molecular formula is C14H16N4O2. The molecule has 0 atom stereocenters. The van der Waals surface area contributed by atoms with E-state index in [4.69, 9.17) is 16.2 Å². The lowest BCUT2D eigenvalue weighted by Crippen LogP contribution is -1.89. The quantitative estimate of drug-likeness (QED) is 0.587. The lowest BCUT2D eigenvalue weighted by molar-refractivity contribution is 0.282. The summed E-state index contributed by atoms with van der Waals surface area (Å²) in [6.45, 7) is -0.154. The number of rotatable bonds is 4. The molecule has 2 aromatic rings. The molecule has 104 valence electrons. The van der Waals surface area contributed by atoms with E-state index in [9.17, 15) is 5.11 Å². The largest absolute Gasteiger partial charge is 0.494 e. The van der Waals surface area contributed by atoms with Crippen molar-refractivity contribution >= 4 is 22.7 Å². The highest BCUT2D eigenvalue weighted by Gasteiger charge is 2.04. The average molecular weight is 272 g/mol. The van der Waals surface area contributed by atoms with Crippen LogP contribution in [0.5, 0.6) is 5.75 Å². The second-order valence-electron chi connectivity index (χ2n) is 4.18. The van der Waals surface area contributed by atoms with Crippen LogP contribution in [0.2, 0.25) is 0 Å². The van der Waals surface area contributed by atoms with Crippen LogP contribution >= 0.6 is 0 Å². The van der Waals surface area contributed by atoms with E-state index < -0.39 is 0 Å². The van der Waals surface area contributed by atoms with Crippen LogP contribution in [0.15, 0.2) is 46.6 Å². The molecule has 20 heavy (non-hydrogen) atoms. The molecule has 0 saturated heterocycles. The molecule has 0 fully saturated rings. The van der Waals surface area contributed by atoms with Crippen LogP contribution in [0.25, 0.3) is 0 Å². The number of ether oxygens (including phenoxy) is 1. The molecule has 6 nitrogen and oxygen atoms in total. The fourth-order valence-corrected chi connectivity index (χ4v) is 1.71. The Bertz CT molecular complexity index is 586. The van der Waals surface area contributed by atoms with E-state index in [0.717, 1.165) is 0 Å². The molecule has 0 spiro atoms. The molecule has 0 aliphatic rings. The Morgan fingerprint density at radius 2 is 1.60 bits per heavy atom. The van der Waals surface area contributed by atoms with Gasteiger partial charge in [0.1, 0.15) is 11.4 Å². The highest BCUT2D eigenvalue weighted by atomic mass is 16.5. The summed E-state index contributed by atoms with van der Waals surface area (Å²) in [5, 5.41) is 17.5. The smallest absolute Gasteiger partial charge is 0.148 e. The van der Waals surface area contributed by atoms with Gasteiger partial charge in [0.15, 0.2) is 0 Å². The molecule has 0 aliphatic carbocycles. The number of benzene rings is 2. The first-order valence-corrected chi connectivity index (χ1v) is 5.98. The summed E-state index contributed by atoms with van der Waals surface area (Å²) in [5.41, 5.74) is 14.2. The molecule has 0 aromatic heterocycles. The zero-order valence-corrected chi connectivity index (χ0v) is 11.1. The van der Waals surface area contributed by atoms with Gasteiger partial charge in [0.25, 0.3) is 0 Å². The standard InChI is InChI=1S/C14H16N4O2/c1-20-14-7-11(16)3-5-13(14)18-17-12-4-2-10(15)6-9(12)8-19/h2-7,19H,8,15-16H2,1H3/b18-17+. The first-order valence-electron chi connectivity index (χ1n) is 5.98. The molecule has 5 N–H and O–H groups in total. The van der Waals surface area contributed by atoms with Crippen LogP contribution in [-0.4, -0.2) is 12.2 Å². The Kier molecular flexibility index (Phi) is 4.17. The summed E-state index contributed by atoms with van der Waals surface area (Å²) in [5.74, 6) is 0.537. The van der Waals surface area contributed by atoms with Crippen LogP contribution in [0.1, 0.15) is 5.56 Å². The summed E-state index contributed by atoms with van der Waals surface area (Å²) in [6.07, 6.45) is 0. The van der Waals surface area contributed by atoms with Crippen molar-refractivity contribution in [3.63, 3.8) is 0 Å². The minimum Gasteiger partial charge on any atom is -0.494 e. The zero-order chi connectivity index (χ0) is 14.5. The van der Waals surface area contributed by atoms with Crippen molar-refractivity contribution in [1.82, 2.24) is 0 Å². The number of azo groups is 1. The number of aliphatic hydroxyl groups excluding tert-OH is 1. The van der Waals surface area contributed by atoms with Gasteiger partial charge in [-0.3, -0.25) is 0 Å². The number of anilines is 2. The van der Waals surface area contributed by atoms with Crippen molar-refractivity contribution in [1.29, 1.82) is 0 Å². The van der Waals surface area contributed by atoms with Crippen LogP contribution in [0.4, 0.5) is 22.7 Å². The molecule has 2 rings (SSSR count). The van der Waals surface area contributed by atoms with E-state index in [1.807, 2.05) is 0 Å². The van der Waals surface area contributed by atoms with E-state index in [1.54, 1.807) is 36.4 Å². The molecule has 0 amide bonds. The Hall–Kier alpha value is -2.60. The van der Waals surface area contributed by atoms with Gasteiger partial charge in [-0.25, -0.2) is 0 Å². The maximum atomic E-state index is 9.28. The number of aliphatic hydroxyl groups is 1. The van der Waals surface area contributed by atoms with Crippen molar-refractivity contribution in [3.05, 3.63) is 42.0 Å². The van der Waals surface area contributed by atoms with Gasteiger partial charge < -0.3 is 21.3 Å². The number of nitrogens with two attached hydrogens (primary N) is 2. The van der Waals surface area contributed by atoms with E-state index in [0.29, 0.717) is 34.1 Å². The van der Waals surface area contributed by atoms with E-state index >= 15 is 0 Å². The van der Waals surface area contributed by atoms with Crippen molar-refractivity contribution in [2.45, 2.75) is 6.61 Å². The van der Waals surface area contributed by atoms with E-state index in [1.165, 1.54) is 7.11 Å². The lowest BCUT2D eigenvalue weighted by Gasteiger charge is -2.05. The third kappa shape index (κ3) is 3.04. The monoisotopic (exact) mass is 272 g/mol. The first-order chi connectivity index (χ1) is 9.63. The van der Waals surface area contributed by atoms with Gasteiger partial charge in [0.2, 0.25) is 0 Å². The normalized spacial score (nSPS) is 10.9. The molecular weight excluding hydrogens is 256 g/mol. The molecule has 0 unspecified atom stereocenters.